The first-order valence-electron chi connectivity index (χ1n) is 11.9. The minimum Gasteiger partial charge on any atom is -0.489 e. The van der Waals surface area contributed by atoms with E-state index < -0.39 is 5.82 Å². The van der Waals surface area contributed by atoms with E-state index >= 15 is 0 Å². The van der Waals surface area contributed by atoms with E-state index in [0.29, 0.717) is 58.6 Å². The largest absolute Gasteiger partial charge is 0.489 e. The van der Waals surface area contributed by atoms with Crippen molar-refractivity contribution in [3.8, 4) is 17.2 Å². The predicted molar refractivity (Wildman–Crippen MR) is 146 cm³/mol. The van der Waals surface area contributed by atoms with Gasteiger partial charge >= 0.3 is 0 Å². The van der Waals surface area contributed by atoms with Crippen LogP contribution >= 0.6 is 11.6 Å². The molecule has 0 atom stereocenters. The van der Waals surface area contributed by atoms with E-state index in [1.165, 1.54) is 24.5 Å². The monoisotopic (exact) mass is 533 g/mol. The molecule has 1 aliphatic rings. The van der Waals surface area contributed by atoms with Crippen molar-refractivity contribution in [1.29, 1.82) is 0 Å². The zero-order valence-electron chi connectivity index (χ0n) is 20.8. The van der Waals surface area contributed by atoms with Gasteiger partial charge in [0.2, 0.25) is 0 Å². The summed E-state index contributed by atoms with van der Waals surface area (Å²) in [5.74, 6) is 0.936. The quantitative estimate of drug-likeness (QED) is 0.301. The van der Waals surface area contributed by atoms with Gasteiger partial charge in [-0.25, -0.2) is 14.4 Å². The Morgan fingerprint density at radius 1 is 1.18 bits per heavy atom. The Labute approximate surface area is 224 Å². The first-order chi connectivity index (χ1) is 18.4. The van der Waals surface area contributed by atoms with Crippen molar-refractivity contribution in [2.45, 2.75) is 0 Å². The van der Waals surface area contributed by atoms with Gasteiger partial charge < -0.3 is 24.6 Å². The van der Waals surface area contributed by atoms with Crippen LogP contribution in [0.1, 0.15) is 0 Å². The SMILES string of the molecule is CN(C)C/C=C/C(=O)N1CCOc2c1ccc1ncnc(Nc3ccc(Oc4cc(Cl)ccc4F)cc3)c21. The molecule has 1 aliphatic heterocycles. The Bertz CT molecular complexity index is 1510. The smallest absolute Gasteiger partial charge is 0.250 e. The van der Waals surface area contributed by atoms with E-state index in [1.807, 2.05) is 37.2 Å². The summed E-state index contributed by atoms with van der Waals surface area (Å²) in [5.41, 5.74) is 2.06. The summed E-state index contributed by atoms with van der Waals surface area (Å²) < 4.78 is 25.7. The number of aromatic nitrogens is 2. The van der Waals surface area contributed by atoms with Crippen LogP contribution in [-0.4, -0.2) is 54.6 Å². The molecule has 1 amide bonds. The van der Waals surface area contributed by atoms with E-state index in [-0.39, 0.29) is 11.7 Å². The number of hydrogen-bond acceptors (Lipinski definition) is 7. The fraction of sp³-hybridized carbons (Fsp3) is 0.179. The maximum Gasteiger partial charge on any atom is 0.250 e. The van der Waals surface area contributed by atoms with Crippen LogP contribution in [0.25, 0.3) is 10.9 Å². The predicted octanol–water partition coefficient (Wildman–Crippen LogP) is 5.80. The number of carbonyl (C=O) groups is 1. The van der Waals surface area contributed by atoms with Gasteiger partial charge in [0, 0.05) is 29.4 Å². The van der Waals surface area contributed by atoms with E-state index in [4.69, 9.17) is 21.1 Å². The number of hydrogen-bond donors (Lipinski definition) is 1. The number of carbonyl (C=O) groups excluding carboxylic acids is 1. The van der Waals surface area contributed by atoms with Gasteiger partial charge in [0.15, 0.2) is 17.3 Å². The van der Waals surface area contributed by atoms with Crippen LogP contribution < -0.4 is 19.7 Å². The fourth-order valence-corrected chi connectivity index (χ4v) is 4.19. The molecule has 3 aromatic carbocycles. The Morgan fingerprint density at radius 2 is 2.00 bits per heavy atom. The highest BCUT2D eigenvalue weighted by Gasteiger charge is 2.26. The number of amides is 1. The van der Waals surface area contributed by atoms with Crippen molar-refractivity contribution in [1.82, 2.24) is 14.9 Å². The lowest BCUT2D eigenvalue weighted by Crippen LogP contribution is -2.37. The molecule has 8 nitrogen and oxygen atoms in total. The van der Waals surface area contributed by atoms with Crippen LogP contribution in [0.5, 0.6) is 17.2 Å². The second-order valence-corrected chi connectivity index (χ2v) is 9.30. The van der Waals surface area contributed by atoms with Crippen molar-refractivity contribution in [3.63, 3.8) is 0 Å². The zero-order valence-corrected chi connectivity index (χ0v) is 21.6. The molecule has 0 bridgehead atoms. The molecule has 2 heterocycles. The molecule has 0 fully saturated rings. The summed E-state index contributed by atoms with van der Waals surface area (Å²) in [4.78, 5) is 25.4. The second-order valence-electron chi connectivity index (χ2n) is 8.86. The summed E-state index contributed by atoms with van der Waals surface area (Å²) in [6, 6.07) is 14.8. The Balaban J connectivity index is 1.41. The number of benzene rings is 3. The molecule has 0 saturated heterocycles. The maximum absolute atomic E-state index is 14.0. The molecule has 1 aromatic heterocycles. The minimum atomic E-state index is -0.505. The third-order valence-corrected chi connectivity index (χ3v) is 6.06. The Kier molecular flexibility index (Phi) is 7.39. The van der Waals surface area contributed by atoms with Crippen LogP contribution in [-0.2, 0) is 4.79 Å². The zero-order chi connectivity index (χ0) is 26.6. The second kappa shape index (κ2) is 11.0. The summed E-state index contributed by atoms with van der Waals surface area (Å²) in [6.45, 7) is 1.45. The van der Waals surface area contributed by atoms with Crippen molar-refractivity contribution < 1.29 is 18.7 Å². The molecule has 38 heavy (non-hydrogen) atoms. The van der Waals surface area contributed by atoms with Crippen molar-refractivity contribution in [2.24, 2.45) is 0 Å². The molecule has 0 saturated carbocycles. The molecule has 0 spiro atoms. The normalized spacial score (nSPS) is 13.0. The molecule has 0 unspecified atom stereocenters. The van der Waals surface area contributed by atoms with Crippen LogP contribution in [0.4, 0.5) is 21.6 Å². The summed E-state index contributed by atoms with van der Waals surface area (Å²) in [6.07, 6.45) is 4.88. The number of ether oxygens (including phenoxy) is 2. The lowest BCUT2D eigenvalue weighted by atomic mass is 10.1. The molecule has 4 aromatic rings. The lowest BCUT2D eigenvalue weighted by Gasteiger charge is -2.30. The Hall–Kier alpha value is -4.21. The van der Waals surface area contributed by atoms with E-state index in [9.17, 15) is 9.18 Å². The summed E-state index contributed by atoms with van der Waals surface area (Å²) in [7, 11) is 3.89. The van der Waals surface area contributed by atoms with Crippen molar-refractivity contribution >= 4 is 45.6 Å². The first-order valence-corrected chi connectivity index (χ1v) is 12.3. The number of anilines is 3. The van der Waals surface area contributed by atoms with Gasteiger partial charge in [0.25, 0.3) is 5.91 Å². The molecule has 1 N–H and O–H groups in total. The molecule has 194 valence electrons. The van der Waals surface area contributed by atoms with Gasteiger partial charge in [-0.05, 0) is 62.6 Å². The summed E-state index contributed by atoms with van der Waals surface area (Å²) >= 11 is 5.95. The molecule has 0 radical (unpaired) electrons. The van der Waals surface area contributed by atoms with Crippen LogP contribution in [0.15, 0.2) is 73.1 Å². The van der Waals surface area contributed by atoms with Gasteiger partial charge in [0.05, 0.1) is 23.1 Å². The van der Waals surface area contributed by atoms with Gasteiger partial charge in [-0.1, -0.05) is 17.7 Å². The molecule has 5 rings (SSSR count). The highest BCUT2D eigenvalue weighted by atomic mass is 35.5. The van der Waals surface area contributed by atoms with Gasteiger partial charge in [-0.3, -0.25) is 4.79 Å². The number of nitrogens with zero attached hydrogens (tertiary/aromatic N) is 4. The third kappa shape index (κ3) is 5.53. The van der Waals surface area contributed by atoms with Crippen LogP contribution in [0.2, 0.25) is 5.02 Å². The molecule has 10 heteroatoms. The lowest BCUT2D eigenvalue weighted by molar-refractivity contribution is -0.114. The summed E-state index contributed by atoms with van der Waals surface area (Å²) in [5, 5.41) is 4.34. The highest BCUT2D eigenvalue weighted by Crippen LogP contribution is 2.41. The minimum absolute atomic E-state index is 0.0411. The number of likely N-dealkylation sites (N-methyl/N-ethyl adjacent to an activating group) is 1. The fourth-order valence-electron chi connectivity index (χ4n) is 4.03. The van der Waals surface area contributed by atoms with E-state index in [0.717, 1.165) is 5.69 Å². The first kappa shape index (κ1) is 25.4. The number of rotatable bonds is 7. The number of nitrogens with one attached hydrogen (secondary N) is 1. The van der Waals surface area contributed by atoms with Crippen LogP contribution in [0, 0.1) is 5.82 Å². The number of fused-ring (bicyclic) bond motifs is 3. The standard InChI is InChI=1S/C28H25ClFN5O3/c1-34(2)13-3-4-25(36)35-14-15-37-27-23(35)12-11-22-26(27)28(32-17-31-22)33-19-6-8-20(9-7-19)38-24-16-18(29)5-10-21(24)30/h3-12,16-17H,13-15H2,1-2H3,(H,31,32,33)/b4-3+. The van der Waals surface area contributed by atoms with Crippen molar-refractivity contribution in [3.05, 3.63) is 83.9 Å². The van der Waals surface area contributed by atoms with Crippen molar-refractivity contribution in [2.75, 3.05) is 44.0 Å². The molecular formula is C28H25ClFN5O3. The third-order valence-electron chi connectivity index (χ3n) is 5.82. The van der Waals surface area contributed by atoms with Crippen LogP contribution in [0.3, 0.4) is 0 Å². The van der Waals surface area contributed by atoms with Gasteiger partial charge in [-0.2, -0.15) is 0 Å². The molecular weight excluding hydrogens is 509 g/mol. The van der Waals surface area contributed by atoms with E-state index in [1.54, 1.807) is 35.2 Å². The average molecular weight is 534 g/mol. The van der Waals surface area contributed by atoms with Gasteiger partial charge in [-0.15, -0.1) is 0 Å². The van der Waals surface area contributed by atoms with Gasteiger partial charge in [0.1, 0.15) is 24.5 Å². The Morgan fingerprint density at radius 3 is 2.79 bits per heavy atom. The van der Waals surface area contributed by atoms with E-state index in [2.05, 4.69) is 15.3 Å². The average Bonchev–Trinajstić information content (AvgIpc) is 2.91. The molecule has 0 aliphatic carbocycles. The highest BCUT2D eigenvalue weighted by molar-refractivity contribution is 6.30. The maximum atomic E-state index is 14.0. The number of halogens is 2. The topological polar surface area (TPSA) is 79.8 Å².